The first-order chi connectivity index (χ1) is 11.3. The summed E-state index contributed by atoms with van der Waals surface area (Å²) in [6.07, 6.45) is 19.7. The fourth-order valence-corrected chi connectivity index (χ4v) is 2.73. The Morgan fingerprint density at radius 1 is 0.739 bits per heavy atom. The molecule has 0 radical (unpaired) electrons. The molecular weight excluding hydrogens is 288 g/mol. The summed E-state index contributed by atoms with van der Waals surface area (Å²) in [5.74, 6) is 0.242. The smallest absolute Gasteiger partial charge is 0.141 e. The molecule has 0 saturated heterocycles. The predicted molar refractivity (Wildman–Crippen MR) is 99.2 cm³/mol. The second-order valence-corrected chi connectivity index (χ2v) is 6.55. The van der Waals surface area contributed by atoms with Gasteiger partial charge in [-0.15, -0.1) is 0 Å². The van der Waals surface area contributed by atoms with Crippen molar-refractivity contribution in [3.8, 4) is 0 Å². The molecule has 0 saturated carbocycles. The van der Waals surface area contributed by atoms with E-state index in [0.717, 1.165) is 13.0 Å². The van der Waals surface area contributed by atoms with E-state index in [1.807, 2.05) is 0 Å². The number of rotatable bonds is 18. The fraction of sp³-hybridized carbons (Fsp3) is 0.947. The fourth-order valence-electron chi connectivity index (χ4n) is 2.73. The minimum absolute atomic E-state index is 0.242. The number of amidine groups is 1. The highest BCUT2D eigenvalue weighted by atomic mass is 16.5. The molecule has 0 bridgehead atoms. The van der Waals surface area contributed by atoms with Crippen molar-refractivity contribution in [1.29, 1.82) is 0 Å². The maximum absolute atomic E-state index is 8.38. The molecule has 0 aromatic rings. The Kier molecular flexibility index (Phi) is 18.6. The van der Waals surface area contributed by atoms with Gasteiger partial charge < -0.3 is 15.7 Å². The summed E-state index contributed by atoms with van der Waals surface area (Å²) in [6, 6.07) is 0. The minimum Gasteiger partial charge on any atom is -0.409 e. The molecule has 0 aliphatic heterocycles. The second-order valence-electron chi connectivity index (χ2n) is 6.55. The molecule has 0 aliphatic carbocycles. The van der Waals surface area contributed by atoms with Crippen LogP contribution in [0.1, 0.15) is 103 Å². The van der Waals surface area contributed by atoms with Crippen LogP contribution < -0.4 is 5.73 Å². The van der Waals surface area contributed by atoms with E-state index in [2.05, 4.69) is 12.1 Å². The SMILES string of the molecule is CCCCCCCCCCCCCCCCOCCC(N)=NO. The van der Waals surface area contributed by atoms with Gasteiger partial charge in [0, 0.05) is 13.0 Å². The Balaban J connectivity index is 3.00. The van der Waals surface area contributed by atoms with Crippen LogP contribution in [0.15, 0.2) is 5.16 Å². The van der Waals surface area contributed by atoms with E-state index < -0.39 is 0 Å². The lowest BCUT2D eigenvalue weighted by molar-refractivity contribution is 0.136. The van der Waals surface area contributed by atoms with E-state index in [-0.39, 0.29) is 5.84 Å². The van der Waals surface area contributed by atoms with Crippen molar-refractivity contribution in [2.75, 3.05) is 13.2 Å². The summed E-state index contributed by atoms with van der Waals surface area (Å²) in [6.45, 7) is 3.61. The zero-order valence-electron chi connectivity index (χ0n) is 15.4. The van der Waals surface area contributed by atoms with Crippen LogP contribution in [0, 0.1) is 0 Å². The number of ether oxygens (including phenoxy) is 1. The van der Waals surface area contributed by atoms with Gasteiger partial charge in [0.2, 0.25) is 0 Å². The van der Waals surface area contributed by atoms with E-state index in [1.54, 1.807) is 0 Å². The van der Waals surface area contributed by atoms with Gasteiger partial charge in [-0.2, -0.15) is 0 Å². The third kappa shape index (κ3) is 19.2. The third-order valence-corrected chi connectivity index (χ3v) is 4.27. The highest BCUT2D eigenvalue weighted by molar-refractivity contribution is 5.79. The monoisotopic (exact) mass is 328 g/mol. The Morgan fingerprint density at radius 2 is 1.17 bits per heavy atom. The zero-order chi connectivity index (χ0) is 17.0. The van der Waals surface area contributed by atoms with Crippen molar-refractivity contribution < 1.29 is 9.94 Å². The molecule has 4 nitrogen and oxygen atoms in total. The summed E-state index contributed by atoms with van der Waals surface area (Å²) in [5, 5.41) is 11.3. The van der Waals surface area contributed by atoms with Crippen LogP contribution in [0.5, 0.6) is 0 Å². The van der Waals surface area contributed by atoms with Gasteiger partial charge in [-0.05, 0) is 6.42 Å². The molecule has 23 heavy (non-hydrogen) atoms. The third-order valence-electron chi connectivity index (χ3n) is 4.27. The van der Waals surface area contributed by atoms with Crippen molar-refractivity contribution in [3.63, 3.8) is 0 Å². The maximum Gasteiger partial charge on any atom is 0.141 e. The van der Waals surface area contributed by atoms with Crippen LogP contribution in [0.25, 0.3) is 0 Å². The normalized spacial score (nSPS) is 12.0. The van der Waals surface area contributed by atoms with Crippen LogP contribution in [0.2, 0.25) is 0 Å². The Hall–Kier alpha value is -0.770. The molecule has 3 N–H and O–H groups in total. The van der Waals surface area contributed by atoms with Crippen molar-refractivity contribution in [2.45, 2.75) is 103 Å². The average Bonchev–Trinajstić information content (AvgIpc) is 2.57. The van der Waals surface area contributed by atoms with E-state index in [9.17, 15) is 0 Å². The molecule has 0 aromatic heterocycles. The zero-order valence-corrected chi connectivity index (χ0v) is 15.4. The van der Waals surface area contributed by atoms with Gasteiger partial charge in [-0.25, -0.2) is 0 Å². The molecule has 0 amide bonds. The van der Waals surface area contributed by atoms with Crippen molar-refractivity contribution in [1.82, 2.24) is 0 Å². The second kappa shape index (κ2) is 19.3. The predicted octanol–water partition coefficient (Wildman–Crippen LogP) is 5.62. The maximum atomic E-state index is 8.38. The number of oxime groups is 1. The van der Waals surface area contributed by atoms with Crippen molar-refractivity contribution >= 4 is 5.84 Å². The van der Waals surface area contributed by atoms with Crippen molar-refractivity contribution in [3.05, 3.63) is 0 Å². The minimum atomic E-state index is 0.242. The highest BCUT2D eigenvalue weighted by Gasteiger charge is 1.96. The largest absolute Gasteiger partial charge is 0.409 e. The Bertz CT molecular complexity index is 258. The van der Waals surface area contributed by atoms with Crippen LogP contribution in [-0.4, -0.2) is 24.3 Å². The molecule has 0 heterocycles. The van der Waals surface area contributed by atoms with Crippen LogP contribution in [0.3, 0.4) is 0 Å². The summed E-state index contributed by atoms with van der Waals surface area (Å²) in [7, 11) is 0. The molecule has 0 unspecified atom stereocenters. The lowest BCUT2D eigenvalue weighted by Crippen LogP contribution is -2.14. The van der Waals surface area contributed by atoms with Gasteiger partial charge >= 0.3 is 0 Å². The molecule has 0 rings (SSSR count). The highest BCUT2D eigenvalue weighted by Crippen LogP contribution is 2.12. The molecule has 0 aliphatic rings. The number of unbranched alkanes of at least 4 members (excludes halogenated alkanes) is 13. The summed E-state index contributed by atoms with van der Waals surface area (Å²) in [5.41, 5.74) is 5.36. The molecule has 4 heteroatoms. The van der Waals surface area contributed by atoms with E-state index >= 15 is 0 Å². The first kappa shape index (κ1) is 22.2. The standard InChI is InChI=1S/C19H40N2O2/c1-2-3-4-5-6-7-8-9-10-11-12-13-14-15-17-23-18-16-19(20)21-22/h22H,2-18H2,1H3,(H2,20,21). The van der Waals surface area contributed by atoms with Crippen LogP contribution >= 0.6 is 0 Å². The number of nitrogens with zero attached hydrogens (tertiary/aromatic N) is 1. The number of hydrogen-bond donors (Lipinski definition) is 2. The van der Waals surface area contributed by atoms with Gasteiger partial charge in [-0.1, -0.05) is 95.6 Å². The lowest BCUT2D eigenvalue weighted by atomic mass is 10.0. The first-order valence-electron chi connectivity index (χ1n) is 9.85. The lowest BCUT2D eigenvalue weighted by Gasteiger charge is -2.04. The molecule has 0 fully saturated rings. The average molecular weight is 329 g/mol. The number of hydrogen-bond acceptors (Lipinski definition) is 3. The molecular formula is C19H40N2O2. The summed E-state index contributed by atoms with van der Waals surface area (Å²) in [4.78, 5) is 0. The molecule has 0 atom stereocenters. The van der Waals surface area contributed by atoms with E-state index in [0.29, 0.717) is 13.0 Å². The summed E-state index contributed by atoms with van der Waals surface area (Å²) >= 11 is 0. The Morgan fingerprint density at radius 3 is 1.61 bits per heavy atom. The first-order valence-corrected chi connectivity index (χ1v) is 9.85. The van der Waals surface area contributed by atoms with E-state index in [1.165, 1.54) is 83.5 Å². The summed E-state index contributed by atoms with van der Waals surface area (Å²) < 4.78 is 5.44. The topological polar surface area (TPSA) is 67.8 Å². The molecule has 138 valence electrons. The molecule has 0 spiro atoms. The van der Waals surface area contributed by atoms with Gasteiger partial charge in [0.25, 0.3) is 0 Å². The Labute approximate surface area is 143 Å². The molecule has 0 aromatic carbocycles. The quantitative estimate of drug-likeness (QED) is 0.113. The van der Waals surface area contributed by atoms with Gasteiger partial charge in [-0.3, -0.25) is 0 Å². The van der Waals surface area contributed by atoms with Crippen molar-refractivity contribution in [2.24, 2.45) is 10.9 Å². The number of nitrogens with two attached hydrogens (primary N) is 1. The van der Waals surface area contributed by atoms with Crippen LogP contribution in [0.4, 0.5) is 0 Å². The van der Waals surface area contributed by atoms with Gasteiger partial charge in [0.05, 0.1) is 6.61 Å². The van der Waals surface area contributed by atoms with Crippen LogP contribution in [-0.2, 0) is 4.74 Å². The van der Waals surface area contributed by atoms with Gasteiger partial charge in [0.15, 0.2) is 0 Å². The van der Waals surface area contributed by atoms with Gasteiger partial charge in [0.1, 0.15) is 5.84 Å². The van der Waals surface area contributed by atoms with E-state index in [4.69, 9.17) is 15.7 Å².